The summed E-state index contributed by atoms with van der Waals surface area (Å²) >= 11 is 0. The number of pyridine rings is 1. The van der Waals surface area contributed by atoms with Gasteiger partial charge in [-0.25, -0.2) is 12.7 Å². The first-order valence-corrected chi connectivity index (χ1v) is 15.9. The number of sulfonamides is 1. The highest BCUT2D eigenvalue weighted by molar-refractivity contribution is 7.93. The first kappa shape index (κ1) is 35.3. The van der Waals surface area contributed by atoms with Gasteiger partial charge >= 0.3 is 0 Å². The molecule has 3 heterocycles. The first-order chi connectivity index (χ1) is 20.3. The van der Waals surface area contributed by atoms with Gasteiger partial charge in [0.1, 0.15) is 5.75 Å². The van der Waals surface area contributed by atoms with Crippen LogP contribution >= 0.6 is 24.8 Å². The number of para-hydroxylation sites is 1. The molecule has 238 valence electrons. The SMILES string of the molecule is COc1ccc(S(=O)(=O)N(C(=O)CN2CCC(N3CCCCC3)CC2)c2ccccc2/C=C/c2cc[n+]([O-])cc2)cc1.Cl.Cl. The van der Waals surface area contributed by atoms with Gasteiger partial charge in [0.05, 0.1) is 24.2 Å². The van der Waals surface area contributed by atoms with Gasteiger partial charge in [0, 0.05) is 31.3 Å². The van der Waals surface area contributed by atoms with Gasteiger partial charge < -0.3 is 14.8 Å². The van der Waals surface area contributed by atoms with E-state index in [9.17, 15) is 18.4 Å². The van der Waals surface area contributed by atoms with Crippen LogP contribution in [-0.2, 0) is 14.8 Å². The van der Waals surface area contributed by atoms with Crippen LogP contribution in [-0.4, -0.2) is 70.0 Å². The lowest BCUT2D eigenvalue weighted by Crippen LogP contribution is -2.50. The molecule has 0 N–H and O–H groups in total. The van der Waals surface area contributed by atoms with Crippen LogP contribution in [0, 0.1) is 5.21 Å². The lowest BCUT2D eigenvalue weighted by molar-refractivity contribution is -0.605. The van der Waals surface area contributed by atoms with Gasteiger partial charge in [-0.3, -0.25) is 9.69 Å². The minimum atomic E-state index is -4.25. The van der Waals surface area contributed by atoms with E-state index in [0.717, 1.165) is 48.9 Å². The predicted octanol–water partition coefficient (Wildman–Crippen LogP) is 5.01. The number of piperidine rings is 2. The average molecular weight is 664 g/mol. The Balaban J connectivity index is 0.00000264. The molecule has 1 aromatic heterocycles. The predicted molar refractivity (Wildman–Crippen MR) is 178 cm³/mol. The topological polar surface area (TPSA) is 97.1 Å². The minimum absolute atomic E-state index is 0. The van der Waals surface area contributed by atoms with Crippen molar-refractivity contribution >= 4 is 58.6 Å². The van der Waals surface area contributed by atoms with Crippen molar-refractivity contribution in [2.24, 2.45) is 0 Å². The summed E-state index contributed by atoms with van der Waals surface area (Å²) in [6.45, 7) is 3.78. The summed E-state index contributed by atoms with van der Waals surface area (Å²) in [6.07, 6.45) is 12.1. The maximum absolute atomic E-state index is 14.1. The Morgan fingerprint density at radius 1 is 0.932 bits per heavy atom. The molecule has 0 spiro atoms. The molecule has 2 aliphatic rings. The molecule has 0 bridgehead atoms. The van der Waals surface area contributed by atoms with Crippen LogP contribution < -0.4 is 13.8 Å². The van der Waals surface area contributed by atoms with Crippen molar-refractivity contribution in [3.8, 4) is 5.75 Å². The number of ether oxygens (including phenoxy) is 1. The number of nitrogens with zero attached hydrogens (tertiary/aromatic N) is 4. The molecule has 0 atom stereocenters. The third kappa shape index (κ3) is 8.51. The second-order valence-electron chi connectivity index (χ2n) is 10.8. The molecular weight excluding hydrogens is 623 g/mol. The van der Waals surface area contributed by atoms with Crippen molar-refractivity contribution < 1.29 is 22.7 Å². The number of hydrogen-bond acceptors (Lipinski definition) is 7. The molecule has 2 aliphatic heterocycles. The highest BCUT2D eigenvalue weighted by Crippen LogP contribution is 2.30. The Morgan fingerprint density at radius 3 is 2.20 bits per heavy atom. The van der Waals surface area contributed by atoms with E-state index in [2.05, 4.69) is 9.80 Å². The number of benzene rings is 2. The smallest absolute Gasteiger partial charge is 0.270 e. The number of halogens is 2. The average Bonchev–Trinajstić information content (AvgIpc) is 3.02. The van der Waals surface area contributed by atoms with Gasteiger partial charge in [0.2, 0.25) is 0 Å². The van der Waals surface area contributed by atoms with Crippen LogP contribution in [0.1, 0.15) is 43.2 Å². The number of likely N-dealkylation sites (tertiary alicyclic amines) is 2. The van der Waals surface area contributed by atoms with Gasteiger partial charge in [-0.1, -0.05) is 36.8 Å². The first-order valence-electron chi connectivity index (χ1n) is 14.5. The number of amides is 1. The molecule has 0 radical (unpaired) electrons. The Morgan fingerprint density at radius 2 is 1.57 bits per heavy atom. The van der Waals surface area contributed by atoms with E-state index in [1.54, 1.807) is 60.7 Å². The number of carbonyl (C=O) groups is 1. The summed E-state index contributed by atoms with van der Waals surface area (Å²) in [4.78, 5) is 18.7. The third-order valence-electron chi connectivity index (χ3n) is 8.09. The van der Waals surface area contributed by atoms with E-state index in [4.69, 9.17) is 4.74 Å². The molecule has 2 aromatic carbocycles. The quantitative estimate of drug-likeness (QED) is 0.235. The van der Waals surface area contributed by atoms with E-state index < -0.39 is 15.9 Å². The van der Waals surface area contributed by atoms with Crippen molar-refractivity contribution in [2.45, 2.75) is 43.0 Å². The summed E-state index contributed by atoms with van der Waals surface area (Å²) in [6, 6.07) is 16.9. The highest BCUT2D eigenvalue weighted by Gasteiger charge is 2.34. The second-order valence-corrected chi connectivity index (χ2v) is 12.6. The molecule has 3 aromatic rings. The Bertz CT molecular complexity index is 1490. The van der Waals surface area contributed by atoms with Crippen LogP contribution in [0.3, 0.4) is 0 Å². The number of hydrogen-bond donors (Lipinski definition) is 0. The summed E-state index contributed by atoms with van der Waals surface area (Å²) in [5.74, 6) is 0.0178. The van der Waals surface area contributed by atoms with Crippen molar-refractivity contribution in [3.63, 3.8) is 0 Å². The largest absolute Gasteiger partial charge is 0.619 e. The fourth-order valence-electron chi connectivity index (χ4n) is 5.77. The zero-order valence-electron chi connectivity index (χ0n) is 24.8. The molecule has 2 saturated heterocycles. The minimum Gasteiger partial charge on any atom is -0.619 e. The molecule has 0 saturated carbocycles. The molecule has 2 fully saturated rings. The number of rotatable bonds is 9. The van der Waals surface area contributed by atoms with Crippen LogP contribution in [0.25, 0.3) is 12.2 Å². The third-order valence-corrected chi connectivity index (χ3v) is 9.83. The molecule has 1 amide bonds. The molecule has 44 heavy (non-hydrogen) atoms. The molecule has 0 unspecified atom stereocenters. The number of anilines is 1. The standard InChI is InChI=1S/C32H38N4O5S.2ClH/c1-41-29-11-13-30(14-12-29)42(39,40)36(31-8-4-3-7-27(31)10-9-26-15-23-35(38)24-16-26)32(37)25-33-21-17-28(18-22-33)34-19-5-2-6-20-34;;/h3-4,7-16,23-24,28H,2,5-6,17-22,25H2,1H3;2*1H/b10-9+;;. The summed E-state index contributed by atoms with van der Waals surface area (Å²) in [5, 5.41) is 11.4. The van der Waals surface area contributed by atoms with Crippen molar-refractivity contribution in [1.29, 1.82) is 0 Å². The van der Waals surface area contributed by atoms with Crippen LogP contribution in [0.15, 0.2) is 78.0 Å². The van der Waals surface area contributed by atoms with Crippen LogP contribution in [0.2, 0.25) is 0 Å². The van der Waals surface area contributed by atoms with E-state index >= 15 is 0 Å². The van der Waals surface area contributed by atoms with E-state index in [0.29, 0.717) is 22.1 Å². The van der Waals surface area contributed by atoms with E-state index in [-0.39, 0.29) is 41.9 Å². The van der Waals surface area contributed by atoms with Crippen molar-refractivity contribution in [1.82, 2.24) is 9.80 Å². The zero-order valence-corrected chi connectivity index (χ0v) is 27.2. The summed E-state index contributed by atoms with van der Waals surface area (Å²) in [7, 11) is -2.74. The molecule has 5 rings (SSSR count). The molecule has 12 heteroatoms. The van der Waals surface area contributed by atoms with Gasteiger partial charge in [0.15, 0.2) is 12.4 Å². The van der Waals surface area contributed by atoms with Gasteiger partial charge in [-0.05, 0) is 80.2 Å². The second kappa shape index (κ2) is 16.2. The van der Waals surface area contributed by atoms with Crippen LogP contribution in [0.4, 0.5) is 5.69 Å². The van der Waals surface area contributed by atoms with Crippen LogP contribution in [0.5, 0.6) is 5.75 Å². The van der Waals surface area contributed by atoms with Gasteiger partial charge in [0.25, 0.3) is 15.9 Å². The van der Waals surface area contributed by atoms with E-state index in [1.165, 1.54) is 50.9 Å². The molecular formula is C32H40Cl2N4O5S. The summed E-state index contributed by atoms with van der Waals surface area (Å²) < 4.78 is 35.1. The molecule has 0 aliphatic carbocycles. The fraction of sp³-hybridized carbons (Fsp3) is 0.375. The maximum Gasteiger partial charge on any atom is 0.270 e. The Kier molecular flexibility index (Phi) is 13.0. The monoisotopic (exact) mass is 662 g/mol. The Hall–Kier alpha value is -3.15. The zero-order chi connectivity index (χ0) is 29.5. The molecule has 9 nitrogen and oxygen atoms in total. The lowest BCUT2D eigenvalue weighted by Gasteiger charge is -2.40. The van der Waals surface area contributed by atoms with E-state index in [1.807, 2.05) is 0 Å². The lowest BCUT2D eigenvalue weighted by atomic mass is 10.00. The van der Waals surface area contributed by atoms with Gasteiger partial charge in [-0.15, -0.1) is 24.8 Å². The fourth-order valence-corrected chi connectivity index (χ4v) is 7.21. The number of carbonyl (C=O) groups excluding carboxylic acids is 1. The van der Waals surface area contributed by atoms with Crippen molar-refractivity contribution in [3.05, 3.63) is 89.4 Å². The Labute approximate surface area is 272 Å². The normalized spacial score (nSPS) is 16.6. The number of methoxy groups -OCH3 is 1. The van der Waals surface area contributed by atoms with Crippen molar-refractivity contribution in [2.75, 3.05) is 44.1 Å². The summed E-state index contributed by atoms with van der Waals surface area (Å²) in [5.41, 5.74) is 1.60. The highest BCUT2D eigenvalue weighted by atomic mass is 35.5. The maximum atomic E-state index is 14.1. The van der Waals surface area contributed by atoms with Gasteiger partial charge in [-0.2, -0.15) is 4.73 Å². The number of aromatic nitrogens is 1.